The highest BCUT2D eigenvalue weighted by atomic mass is 19.3. The van der Waals surface area contributed by atoms with Gasteiger partial charge in [-0.25, -0.2) is 13.6 Å². The molecule has 120 valence electrons. The Bertz CT molecular complexity index is 588. The lowest BCUT2D eigenvalue weighted by Crippen LogP contribution is -2.35. The second kappa shape index (κ2) is 5.55. The number of benzene rings is 1. The Morgan fingerprint density at radius 1 is 1.36 bits per heavy atom. The average molecular weight is 313 g/mol. The quantitative estimate of drug-likeness (QED) is 0.845. The molecule has 1 aliphatic carbocycles. The number of carboxylic acids is 1. The maximum absolute atomic E-state index is 13.2. The SMILES string of the molecule is CC(NC(=O)C1(C)CC1(F)F)c1ccc(OCC(=O)O)cc1. The summed E-state index contributed by atoms with van der Waals surface area (Å²) in [5.74, 6) is -4.31. The van der Waals surface area contributed by atoms with Gasteiger partial charge in [-0.1, -0.05) is 12.1 Å². The molecule has 0 saturated heterocycles. The van der Waals surface area contributed by atoms with Crippen LogP contribution in [0.1, 0.15) is 31.9 Å². The number of ether oxygens (including phenoxy) is 1. The number of rotatable bonds is 6. The molecular weight excluding hydrogens is 296 g/mol. The number of nitrogens with one attached hydrogen (secondary N) is 1. The Morgan fingerprint density at radius 2 is 1.91 bits per heavy atom. The van der Waals surface area contributed by atoms with Crippen molar-refractivity contribution < 1.29 is 28.2 Å². The number of hydrogen-bond acceptors (Lipinski definition) is 3. The molecule has 2 atom stereocenters. The molecule has 5 nitrogen and oxygen atoms in total. The van der Waals surface area contributed by atoms with Crippen molar-refractivity contribution in [2.45, 2.75) is 32.2 Å². The van der Waals surface area contributed by atoms with Gasteiger partial charge in [-0.15, -0.1) is 0 Å². The van der Waals surface area contributed by atoms with Gasteiger partial charge in [0, 0.05) is 6.42 Å². The van der Waals surface area contributed by atoms with E-state index in [1.807, 2.05) is 0 Å². The smallest absolute Gasteiger partial charge is 0.341 e. The summed E-state index contributed by atoms with van der Waals surface area (Å²) in [6, 6.07) is 5.99. The Labute approximate surface area is 126 Å². The van der Waals surface area contributed by atoms with Crippen LogP contribution >= 0.6 is 0 Å². The number of carboxylic acid groups (broad SMARTS) is 1. The Balaban J connectivity index is 1.94. The number of halogens is 2. The zero-order valence-electron chi connectivity index (χ0n) is 12.2. The molecule has 0 aromatic heterocycles. The van der Waals surface area contributed by atoms with Crippen molar-refractivity contribution >= 4 is 11.9 Å². The minimum Gasteiger partial charge on any atom is -0.482 e. The second-order valence-corrected chi connectivity index (χ2v) is 5.66. The molecule has 2 unspecified atom stereocenters. The van der Waals surface area contributed by atoms with E-state index in [2.05, 4.69) is 5.32 Å². The fourth-order valence-corrected chi connectivity index (χ4v) is 2.08. The van der Waals surface area contributed by atoms with Gasteiger partial charge in [-0.05, 0) is 31.5 Å². The second-order valence-electron chi connectivity index (χ2n) is 5.66. The number of aliphatic carboxylic acids is 1. The molecule has 0 radical (unpaired) electrons. The highest BCUT2D eigenvalue weighted by Gasteiger charge is 2.72. The van der Waals surface area contributed by atoms with Crippen LogP contribution in [0.25, 0.3) is 0 Å². The number of hydrogen-bond donors (Lipinski definition) is 2. The van der Waals surface area contributed by atoms with Crippen molar-refractivity contribution in [3.63, 3.8) is 0 Å². The average Bonchev–Trinajstić information content (AvgIpc) is 2.97. The minimum atomic E-state index is -2.94. The van der Waals surface area contributed by atoms with Crippen LogP contribution < -0.4 is 10.1 Å². The molecule has 2 N–H and O–H groups in total. The molecule has 22 heavy (non-hydrogen) atoms. The lowest BCUT2D eigenvalue weighted by molar-refractivity contribution is -0.139. The lowest BCUT2D eigenvalue weighted by Gasteiger charge is -2.18. The molecule has 2 rings (SSSR count). The van der Waals surface area contributed by atoms with Crippen LogP contribution in [0.3, 0.4) is 0 Å². The standard InChI is InChI=1S/C15H17F2NO4/c1-9(18-13(21)14(2)8-15(14,16)17)10-3-5-11(6-4-10)22-7-12(19)20/h3-6,9H,7-8H2,1-2H3,(H,18,21)(H,19,20). The van der Waals surface area contributed by atoms with Gasteiger partial charge in [-0.2, -0.15) is 0 Å². The fourth-order valence-electron chi connectivity index (χ4n) is 2.08. The maximum atomic E-state index is 13.2. The van der Waals surface area contributed by atoms with Crippen LogP contribution in [-0.4, -0.2) is 29.5 Å². The van der Waals surface area contributed by atoms with Gasteiger partial charge in [0.25, 0.3) is 5.92 Å². The summed E-state index contributed by atoms with van der Waals surface area (Å²) < 4.78 is 31.3. The predicted molar refractivity (Wildman–Crippen MR) is 73.8 cm³/mol. The first kappa shape index (κ1) is 16.2. The molecular formula is C15H17F2NO4. The van der Waals surface area contributed by atoms with Crippen LogP contribution in [0.15, 0.2) is 24.3 Å². The van der Waals surface area contributed by atoms with Crippen molar-refractivity contribution in [1.29, 1.82) is 0 Å². The fraction of sp³-hybridized carbons (Fsp3) is 0.467. The predicted octanol–water partition coefficient (Wildman–Crippen LogP) is 2.37. The van der Waals surface area contributed by atoms with Crippen molar-refractivity contribution in [1.82, 2.24) is 5.32 Å². The normalized spacial score (nSPS) is 23.5. The summed E-state index contributed by atoms with van der Waals surface area (Å²) >= 11 is 0. The monoisotopic (exact) mass is 313 g/mol. The van der Waals surface area contributed by atoms with E-state index in [0.717, 1.165) is 0 Å². The largest absolute Gasteiger partial charge is 0.482 e. The maximum Gasteiger partial charge on any atom is 0.341 e. The third-order valence-electron chi connectivity index (χ3n) is 3.85. The first-order valence-electron chi connectivity index (χ1n) is 6.79. The molecule has 1 fully saturated rings. The van der Waals surface area contributed by atoms with Crippen LogP contribution in [0, 0.1) is 5.41 Å². The molecule has 1 aromatic carbocycles. The van der Waals surface area contributed by atoms with Gasteiger partial charge in [0.1, 0.15) is 11.2 Å². The van der Waals surface area contributed by atoms with E-state index in [1.165, 1.54) is 6.92 Å². The summed E-state index contributed by atoms with van der Waals surface area (Å²) in [5.41, 5.74) is -0.908. The Morgan fingerprint density at radius 3 is 2.36 bits per heavy atom. The first-order valence-corrected chi connectivity index (χ1v) is 6.79. The van der Waals surface area contributed by atoms with Gasteiger partial charge in [0.2, 0.25) is 5.91 Å². The summed E-state index contributed by atoms with van der Waals surface area (Å²) in [6.45, 7) is 2.49. The van der Waals surface area contributed by atoms with Gasteiger partial charge < -0.3 is 15.2 Å². The molecule has 0 spiro atoms. The summed E-state index contributed by atoms with van der Waals surface area (Å²) in [6.07, 6.45) is -0.430. The van der Waals surface area contributed by atoms with E-state index in [9.17, 15) is 18.4 Å². The molecule has 0 bridgehead atoms. The summed E-state index contributed by atoms with van der Waals surface area (Å²) in [4.78, 5) is 22.3. The zero-order valence-corrected chi connectivity index (χ0v) is 12.2. The highest BCUT2D eigenvalue weighted by molar-refractivity contribution is 5.87. The molecule has 7 heteroatoms. The van der Waals surface area contributed by atoms with Crippen molar-refractivity contribution in [3.8, 4) is 5.75 Å². The first-order chi connectivity index (χ1) is 10.2. The molecule has 0 aliphatic heterocycles. The lowest BCUT2D eigenvalue weighted by atomic mass is 10.0. The molecule has 1 amide bonds. The summed E-state index contributed by atoms with van der Waals surface area (Å²) in [7, 11) is 0. The highest BCUT2D eigenvalue weighted by Crippen LogP contribution is 2.60. The zero-order chi connectivity index (χ0) is 16.5. The van der Waals surface area contributed by atoms with Crippen LogP contribution in [-0.2, 0) is 9.59 Å². The van der Waals surface area contributed by atoms with Crippen LogP contribution in [0.2, 0.25) is 0 Å². The van der Waals surface area contributed by atoms with Gasteiger partial charge >= 0.3 is 5.97 Å². The summed E-state index contributed by atoms with van der Waals surface area (Å²) in [5, 5.41) is 11.1. The van der Waals surface area contributed by atoms with Crippen LogP contribution in [0.5, 0.6) is 5.75 Å². The van der Waals surface area contributed by atoms with E-state index in [0.29, 0.717) is 11.3 Å². The molecule has 1 saturated carbocycles. The van der Waals surface area contributed by atoms with E-state index < -0.39 is 42.3 Å². The number of carbonyl (C=O) groups is 2. The number of amides is 1. The minimum absolute atomic E-state index is 0.380. The van der Waals surface area contributed by atoms with Crippen LogP contribution in [0.4, 0.5) is 8.78 Å². The van der Waals surface area contributed by atoms with E-state index in [-0.39, 0.29) is 0 Å². The van der Waals surface area contributed by atoms with Gasteiger partial charge in [-0.3, -0.25) is 4.79 Å². The van der Waals surface area contributed by atoms with E-state index >= 15 is 0 Å². The third kappa shape index (κ3) is 3.18. The van der Waals surface area contributed by atoms with Gasteiger partial charge in [0.05, 0.1) is 6.04 Å². The van der Waals surface area contributed by atoms with E-state index in [4.69, 9.17) is 9.84 Å². The van der Waals surface area contributed by atoms with Crippen molar-refractivity contribution in [3.05, 3.63) is 29.8 Å². The van der Waals surface area contributed by atoms with E-state index in [1.54, 1.807) is 31.2 Å². The van der Waals surface area contributed by atoms with Crippen molar-refractivity contribution in [2.75, 3.05) is 6.61 Å². The molecule has 1 aliphatic rings. The Kier molecular flexibility index (Phi) is 4.08. The molecule has 0 heterocycles. The molecule has 1 aromatic rings. The third-order valence-corrected chi connectivity index (χ3v) is 3.85. The number of alkyl halides is 2. The Hall–Kier alpha value is -2.18. The topological polar surface area (TPSA) is 75.6 Å². The van der Waals surface area contributed by atoms with Crippen molar-refractivity contribution in [2.24, 2.45) is 5.41 Å². The number of carbonyl (C=O) groups excluding carboxylic acids is 1. The van der Waals surface area contributed by atoms with Gasteiger partial charge in [0.15, 0.2) is 6.61 Å².